The van der Waals surface area contributed by atoms with Gasteiger partial charge in [0.1, 0.15) is 12.7 Å². The molecule has 3 rings (SSSR count). The van der Waals surface area contributed by atoms with Crippen molar-refractivity contribution in [3.8, 4) is 5.95 Å². The Morgan fingerprint density at radius 2 is 2.14 bits per heavy atom. The number of nitrogens with zero attached hydrogens (tertiary/aromatic N) is 6. The number of anilines is 2. The van der Waals surface area contributed by atoms with Crippen LogP contribution in [-0.4, -0.2) is 55.5 Å². The highest BCUT2D eigenvalue weighted by Crippen LogP contribution is 2.17. The molecule has 1 fully saturated rings. The molecule has 0 radical (unpaired) electrons. The molecule has 2 aromatic heterocycles. The van der Waals surface area contributed by atoms with E-state index in [2.05, 4.69) is 42.6 Å². The highest BCUT2D eigenvalue weighted by atomic mass is 16.5. The van der Waals surface area contributed by atoms with E-state index in [1.54, 1.807) is 13.4 Å². The van der Waals surface area contributed by atoms with Gasteiger partial charge in [0.15, 0.2) is 0 Å². The molecule has 21 heavy (non-hydrogen) atoms. The van der Waals surface area contributed by atoms with Crippen LogP contribution in [0.2, 0.25) is 0 Å². The first-order valence-corrected chi connectivity index (χ1v) is 6.91. The molecule has 2 N–H and O–H groups in total. The Kier molecular flexibility index (Phi) is 3.91. The summed E-state index contributed by atoms with van der Waals surface area (Å²) in [5, 5.41) is 10.3. The number of rotatable bonds is 4. The summed E-state index contributed by atoms with van der Waals surface area (Å²) in [6.07, 6.45) is 5.10. The van der Waals surface area contributed by atoms with Gasteiger partial charge in [0.05, 0.1) is 6.10 Å². The fourth-order valence-corrected chi connectivity index (χ4v) is 2.27. The number of aromatic nitrogens is 6. The summed E-state index contributed by atoms with van der Waals surface area (Å²) >= 11 is 0. The molecule has 2 aromatic rings. The van der Waals surface area contributed by atoms with Crippen molar-refractivity contribution in [1.82, 2.24) is 29.7 Å². The maximum atomic E-state index is 5.55. The molecule has 112 valence electrons. The summed E-state index contributed by atoms with van der Waals surface area (Å²) in [7, 11) is 1.76. The van der Waals surface area contributed by atoms with Gasteiger partial charge in [-0.2, -0.15) is 24.7 Å². The largest absolute Gasteiger partial charge is 0.378 e. The Morgan fingerprint density at radius 1 is 1.29 bits per heavy atom. The van der Waals surface area contributed by atoms with Gasteiger partial charge in [-0.3, -0.25) is 0 Å². The van der Waals surface area contributed by atoms with Crippen LogP contribution in [0, 0.1) is 0 Å². The lowest BCUT2D eigenvalue weighted by molar-refractivity contribution is 0.0231. The summed E-state index contributed by atoms with van der Waals surface area (Å²) in [5.41, 5.74) is 0. The molecule has 3 heterocycles. The molecule has 2 atom stereocenters. The lowest BCUT2D eigenvalue weighted by Crippen LogP contribution is -2.33. The standard InChI is InChI=1S/C12H18N8O/c1-8-5-9(3-4-21-8)16-11-17-10(13-2)18-12(19-11)20-7-14-6-15-20/h6-9H,3-5H2,1-2H3,(H2,13,16,17,18,19). The van der Waals surface area contributed by atoms with Crippen molar-refractivity contribution >= 4 is 11.9 Å². The zero-order chi connectivity index (χ0) is 14.7. The van der Waals surface area contributed by atoms with Gasteiger partial charge >= 0.3 is 0 Å². The van der Waals surface area contributed by atoms with Crippen molar-refractivity contribution in [3.05, 3.63) is 12.7 Å². The molecule has 9 heteroatoms. The van der Waals surface area contributed by atoms with Gasteiger partial charge in [-0.1, -0.05) is 0 Å². The highest BCUT2D eigenvalue weighted by Gasteiger charge is 2.20. The third-order valence-electron chi connectivity index (χ3n) is 3.29. The molecule has 0 aliphatic carbocycles. The Hall–Kier alpha value is -2.29. The van der Waals surface area contributed by atoms with Gasteiger partial charge in [0.2, 0.25) is 11.9 Å². The molecule has 1 aliphatic heterocycles. The predicted octanol–water partition coefficient (Wildman–Crippen LogP) is 0.473. The SMILES string of the molecule is CNc1nc(NC2CCOC(C)C2)nc(-n2cncn2)n1. The summed E-state index contributed by atoms with van der Waals surface area (Å²) in [5.74, 6) is 1.44. The normalized spacial score (nSPS) is 22.0. The average Bonchev–Trinajstić information content (AvgIpc) is 3.01. The van der Waals surface area contributed by atoms with Gasteiger partial charge in [-0.05, 0) is 19.8 Å². The second-order valence-corrected chi connectivity index (χ2v) is 4.92. The van der Waals surface area contributed by atoms with Crippen LogP contribution < -0.4 is 10.6 Å². The van der Waals surface area contributed by atoms with E-state index < -0.39 is 0 Å². The van der Waals surface area contributed by atoms with Gasteiger partial charge in [-0.25, -0.2) is 4.98 Å². The van der Waals surface area contributed by atoms with E-state index in [0.717, 1.165) is 19.4 Å². The zero-order valence-electron chi connectivity index (χ0n) is 12.0. The first-order valence-electron chi connectivity index (χ1n) is 6.91. The number of hydrogen-bond acceptors (Lipinski definition) is 8. The maximum absolute atomic E-state index is 5.55. The van der Waals surface area contributed by atoms with Crippen LogP contribution in [0.25, 0.3) is 5.95 Å². The van der Waals surface area contributed by atoms with E-state index in [1.165, 1.54) is 11.0 Å². The topological polar surface area (TPSA) is 103 Å². The quantitative estimate of drug-likeness (QED) is 0.838. The third kappa shape index (κ3) is 3.24. The predicted molar refractivity (Wildman–Crippen MR) is 76.3 cm³/mol. The van der Waals surface area contributed by atoms with E-state index in [4.69, 9.17) is 4.74 Å². The molecule has 1 saturated heterocycles. The average molecular weight is 290 g/mol. The monoisotopic (exact) mass is 290 g/mol. The summed E-state index contributed by atoms with van der Waals surface area (Å²) in [6, 6.07) is 0.296. The second kappa shape index (κ2) is 6.00. The first kappa shape index (κ1) is 13.7. The number of hydrogen-bond donors (Lipinski definition) is 2. The summed E-state index contributed by atoms with van der Waals surface area (Å²) in [4.78, 5) is 16.9. The minimum Gasteiger partial charge on any atom is -0.378 e. The molecule has 0 bridgehead atoms. The first-order chi connectivity index (χ1) is 10.2. The van der Waals surface area contributed by atoms with Gasteiger partial charge < -0.3 is 15.4 Å². The minimum absolute atomic E-state index is 0.247. The van der Waals surface area contributed by atoms with E-state index >= 15 is 0 Å². The van der Waals surface area contributed by atoms with Crippen molar-refractivity contribution in [2.24, 2.45) is 0 Å². The molecular formula is C12H18N8O. The fraction of sp³-hybridized carbons (Fsp3) is 0.583. The van der Waals surface area contributed by atoms with Crippen molar-refractivity contribution in [2.45, 2.75) is 31.9 Å². The van der Waals surface area contributed by atoms with Gasteiger partial charge in [0, 0.05) is 19.7 Å². The van der Waals surface area contributed by atoms with Crippen molar-refractivity contribution in [1.29, 1.82) is 0 Å². The third-order valence-corrected chi connectivity index (χ3v) is 3.29. The molecule has 0 saturated carbocycles. The van der Waals surface area contributed by atoms with Crippen LogP contribution in [0.5, 0.6) is 0 Å². The van der Waals surface area contributed by atoms with E-state index in [-0.39, 0.29) is 6.10 Å². The molecule has 0 aromatic carbocycles. The smallest absolute Gasteiger partial charge is 0.258 e. The van der Waals surface area contributed by atoms with Crippen LogP contribution >= 0.6 is 0 Å². The fourth-order valence-electron chi connectivity index (χ4n) is 2.27. The summed E-state index contributed by atoms with van der Waals surface area (Å²) in [6.45, 7) is 2.82. The molecule has 0 spiro atoms. The van der Waals surface area contributed by atoms with Gasteiger partial charge in [-0.15, -0.1) is 0 Å². The van der Waals surface area contributed by atoms with Crippen LogP contribution in [-0.2, 0) is 4.74 Å². The number of nitrogens with one attached hydrogen (secondary N) is 2. The Balaban J connectivity index is 1.82. The van der Waals surface area contributed by atoms with Crippen LogP contribution in [0.15, 0.2) is 12.7 Å². The van der Waals surface area contributed by atoms with Crippen molar-refractivity contribution in [2.75, 3.05) is 24.3 Å². The second-order valence-electron chi connectivity index (χ2n) is 4.92. The van der Waals surface area contributed by atoms with Crippen molar-refractivity contribution < 1.29 is 4.74 Å². The number of ether oxygens (including phenoxy) is 1. The highest BCUT2D eigenvalue weighted by molar-refractivity contribution is 5.37. The van der Waals surface area contributed by atoms with Crippen LogP contribution in [0.3, 0.4) is 0 Å². The van der Waals surface area contributed by atoms with E-state index in [9.17, 15) is 0 Å². The maximum Gasteiger partial charge on any atom is 0.258 e. The van der Waals surface area contributed by atoms with Crippen LogP contribution in [0.4, 0.5) is 11.9 Å². The Morgan fingerprint density at radius 3 is 2.86 bits per heavy atom. The molecule has 1 aliphatic rings. The van der Waals surface area contributed by atoms with E-state index in [1.807, 2.05) is 0 Å². The van der Waals surface area contributed by atoms with Gasteiger partial charge in [0.25, 0.3) is 5.95 Å². The molecule has 2 unspecified atom stereocenters. The van der Waals surface area contributed by atoms with Crippen LogP contribution in [0.1, 0.15) is 19.8 Å². The lowest BCUT2D eigenvalue weighted by Gasteiger charge is -2.27. The molecule has 0 amide bonds. The van der Waals surface area contributed by atoms with E-state index in [0.29, 0.717) is 23.9 Å². The Bertz CT molecular complexity index is 587. The summed E-state index contributed by atoms with van der Waals surface area (Å²) < 4.78 is 7.05. The minimum atomic E-state index is 0.247. The zero-order valence-corrected chi connectivity index (χ0v) is 12.0. The molecular weight excluding hydrogens is 272 g/mol. The van der Waals surface area contributed by atoms with Crippen molar-refractivity contribution in [3.63, 3.8) is 0 Å². The molecule has 9 nitrogen and oxygen atoms in total. The lowest BCUT2D eigenvalue weighted by atomic mass is 10.0. The Labute approximate surface area is 122 Å².